The molecule has 0 atom stereocenters. The molecule has 0 heterocycles. The third kappa shape index (κ3) is 9.41. The highest BCUT2D eigenvalue weighted by Crippen LogP contribution is 2.35. The zero-order valence-corrected chi connectivity index (χ0v) is 30.4. The van der Waals surface area contributed by atoms with E-state index in [1.54, 1.807) is 42.5 Å². The summed E-state index contributed by atoms with van der Waals surface area (Å²) in [5.41, 5.74) is 6.12. The van der Waals surface area contributed by atoms with E-state index in [4.69, 9.17) is 0 Å². The molecule has 5 aromatic carbocycles. The van der Waals surface area contributed by atoms with Crippen LogP contribution in [0.3, 0.4) is 0 Å². The molecule has 0 aromatic heterocycles. The van der Waals surface area contributed by atoms with Crippen LogP contribution in [0.15, 0.2) is 130 Å². The monoisotopic (exact) mass is 750 g/mol. The van der Waals surface area contributed by atoms with Gasteiger partial charge in [0.1, 0.15) is 4.90 Å². The predicted octanol–water partition coefficient (Wildman–Crippen LogP) is 6.74. The van der Waals surface area contributed by atoms with E-state index >= 15 is 0 Å². The summed E-state index contributed by atoms with van der Waals surface area (Å²) in [5.74, 6) is 0. The van der Waals surface area contributed by atoms with Gasteiger partial charge in [0.25, 0.3) is 30.4 Å². The summed E-state index contributed by atoms with van der Waals surface area (Å²) in [6.45, 7) is 6.13. The van der Waals surface area contributed by atoms with Crippen molar-refractivity contribution in [1.29, 1.82) is 0 Å². The molecule has 5 aromatic rings. The van der Waals surface area contributed by atoms with Crippen LogP contribution in [0.5, 0.6) is 0 Å². The van der Waals surface area contributed by atoms with Gasteiger partial charge in [0.05, 0.1) is 9.79 Å². The second-order valence-corrected chi connectivity index (χ2v) is 16.2. The number of hydrogen-bond acceptors (Lipinski definition) is 8. The zero-order valence-electron chi connectivity index (χ0n) is 27.9. The molecule has 11 nitrogen and oxygen atoms in total. The van der Waals surface area contributed by atoms with E-state index in [0.29, 0.717) is 43.7 Å². The maximum Gasteiger partial charge on any atom is 0.295 e. The normalized spacial score (nSPS) is 12.1. The molecular formula is C37H38N2O9S3. The SMILES string of the molecule is CCN(Cc1ccc(S(=O)(=O)O)cc1)c1ccc(Cc2ccc(N(CC)Cc3ccc(S(=O)(=O)O)cc3)cc2-c2ccccc2S(=O)(=O)O)cc1. The predicted molar refractivity (Wildman–Crippen MR) is 197 cm³/mol. The molecule has 0 amide bonds. The van der Waals surface area contributed by atoms with Crippen LogP contribution in [0.25, 0.3) is 11.1 Å². The topological polar surface area (TPSA) is 170 Å². The fraction of sp³-hybridized carbons (Fsp3) is 0.189. The lowest BCUT2D eigenvalue weighted by Crippen LogP contribution is -2.22. The molecule has 0 saturated heterocycles. The van der Waals surface area contributed by atoms with E-state index < -0.39 is 30.4 Å². The van der Waals surface area contributed by atoms with Gasteiger partial charge in [-0.05, 0) is 103 Å². The second-order valence-electron chi connectivity index (χ2n) is 11.9. The van der Waals surface area contributed by atoms with Gasteiger partial charge < -0.3 is 9.80 Å². The highest BCUT2D eigenvalue weighted by atomic mass is 32.2. The van der Waals surface area contributed by atoms with Gasteiger partial charge in [0.2, 0.25) is 0 Å². The second kappa shape index (κ2) is 15.4. The Bertz CT molecular complexity index is 2330. The largest absolute Gasteiger partial charge is 0.367 e. The first kappa shape index (κ1) is 37.7. The molecule has 0 aliphatic heterocycles. The average molecular weight is 751 g/mol. The van der Waals surface area contributed by atoms with Crippen molar-refractivity contribution in [1.82, 2.24) is 0 Å². The van der Waals surface area contributed by atoms with E-state index in [9.17, 15) is 38.9 Å². The molecule has 0 aliphatic carbocycles. The van der Waals surface area contributed by atoms with Crippen LogP contribution in [0, 0.1) is 0 Å². The Balaban J connectivity index is 1.45. The molecule has 51 heavy (non-hydrogen) atoms. The highest BCUT2D eigenvalue weighted by Gasteiger charge is 2.20. The molecule has 0 unspecified atom stereocenters. The van der Waals surface area contributed by atoms with Crippen molar-refractivity contribution >= 4 is 41.7 Å². The van der Waals surface area contributed by atoms with Crippen molar-refractivity contribution in [3.63, 3.8) is 0 Å². The minimum Gasteiger partial charge on any atom is -0.367 e. The third-order valence-corrected chi connectivity index (χ3v) is 11.2. The van der Waals surface area contributed by atoms with Crippen LogP contribution in [-0.4, -0.2) is 52.0 Å². The molecule has 0 fully saturated rings. The summed E-state index contributed by atoms with van der Waals surface area (Å²) in [7, 11) is -13.2. The van der Waals surface area contributed by atoms with Crippen molar-refractivity contribution in [3.8, 4) is 11.1 Å². The van der Waals surface area contributed by atoms with Crippen molar-refractivity contribution in [2.75, 3.05) is 22.9 Å². The van der Waals surface area contributed by atoms with Crippen LogP contribution < -0.4 is 9.80 Å². The lowest BCUT2D eigenvalue weighted by Gasteiger charge is -2.25. The Morgan fingerprint density at radius 2 is 0.941 bits per heavy atom. The minimum absolute atomic E-state index is 0.166. The molecular weight excluding hydrogens is 713 g/mol. The van der Waals surface area contributed by atoms with E-state index in [-0.39, 0.29) is 14.7 Å². The highest BCUT2D eigenvalue weighted by molar-refractivity contribution is 7.86. The first-order valence-corrected chi connectivity index (χ1v) is 20.3. The lowest BCUT2D eigenvalue weighted by atomic mass is 9.93. The number of anilines is 2. The van der Waals surface area contributed by atoms with E-state index in [1.165, 1.54) is 30.3 Å². The number of benzene rings is 5. The van der Waals surface area contributed by atoms with Crippen molar-refractivity contribution in [3.05, 3.63) is 138 Å². The number of nitrogens with zero attached hydrogens (tertiary/aromatic N) is 2. The maximum absolute atomic E-state index is 12.5. The Hall–Kier alpha value is -4.57. The van der Waals surface area contributed by atoms with E-state index in [2.05, 4.69) is 4.90 Å². The third-order valence-electron chi connectivity index (χ3n) is 8.56. The molecule has 0 radical (unpaired) electrons. The first-order valence-electron chi connectivity index (χ1n) is 16.0. The molecule has 0 saturated carbocycles. The van der Waals surface area contributed by atoms with Gasteiger partial charge in [0, 0.05) is 43.1 Å². The lowest BCUT2D eigenvalue weighted by molar-refractivity contribution is 0.481. The molecule has 268 valence electrons. The summed E-state index contributed by atoms with van der Waals surface area (Å²) >= 11 is 0. The van der Waals surface area contributed by atoms with Gasteiger partial charge in [-0.3, -0.25) is 13.7 Å². The Morgan fingerprint density at radius 1 is 0.490 bits per heavy atom. The van der Waals surface area contributed by atoms with Crippen LogP contribution >= 0.6 is 0 Å². The number of rotatable bonds is 14. The zero-order chi connectivity index (χ0) is 37.0. The summed E-state index contributed by atoms with van der Waals surface area (Å²) in [5, 5.41) is 0. The van der Waals surface area contributed by atoms with Gasteiger partial charge >= 0.3 is 0 Å². The van der Waals surface area contributed by atoms with Gasteiger partial charge in [0.15, 0.2) is 0 Å². The molecule has 0 aliphatic rings. The van der Waals surface area contributed by atoms with Gasteiger partial charge in [-0.15, -0.1) is 0 Å². The maximum atomic E-state index is 12.5. The smallest absolute Gasteiger partial charge is 0.295 e. The van der Waals surface area contributed by atoms with Crippen LogP contribution in [0.4, 0.5) is 11.4 Å². The fourth-order valence-electron chi connectivity index (χ4n) is 5.87. The van der Waals surface area contributed by atoms with Crippen LogP contribution in [0.1, 0.15) is 36.1 Å². The standard InChI is InChI=1S/C37H38N2O9S3/c1-3-38(25-28-11-19-33(20-12-28)49(40,41)42)31-16-9-27(10-17-31)23-30-15-18-32(24-36(30)35-7-5-6-8-37(35)51(46,47)48)39(4-2)26-29-13-21-34(22-14-29)50(43,44)45/h5-22,24H,3-4,23,25-26H2,1-2H3,(H,40,41,42)(H,43,44,45)(H,46,47,48). The summed E-state index contributed by atoms with van der Waals surface area (Å²) < 4.78 is 99.5. The quantitative estimate of drug-likeness (QED) is 0.103. The van der Waals surface area contributed by atoms with Gasteiger partial charge in [-0.1, -0.05) is 60.7 Å². The van der Waals surface area contributed by atoms with Crippen molar-refractivity contribution in [2.24, 2.45) is 0 Å². The Kier molecular flexibility index (Phi) is 11.3. The van der Waals surface area contributed by atoms with Crippen LogP contribution in [0.2, 0.25) is 0 Å². The van der Waals surface area contributed by atoms with Crippen molar-refractivity contribution in [2.45, 2.75) is 48.0 Å². The summed E-state index contributed by atoms with van der Waals surface area (Å²) in [6, 6.07) is 31.9. The summed E-state index contributed by atoms with van der Waals surface area (Å²) in [6.07, 6.45) is 0.447. The molecule has 3 N–H and O–H groups in total. The van der Waals surface area contributed by atoms with Crippen LogP contribution in [-0.2, 0) is 49.9 Å². The first-order chi connectivity index (χ1) is 24.1. The van der Waals surface area contributed by atoms with Crippen molar-refractivity contribution < 1.29 is 38.9 Å². The fourth-order valence-corrected chi connectivity index (χ4v) is 7.54. The molecule has 14 heteroatoms. The average Bonchev–Trinajstić information content (AvgIpc) is 3.09. The van der Waals surface area contributed by atoms with E-state index in [0.717, 1.165) is 33.6 Å². The molecule has 0 bridgehead atoms. The van der Waals surface area contributed by atoms with Gasteiger partial charge in [-0.2, -0.15) is 25.3 Å². The molecule has 5 rings (SSSR count). The van der Waals surface area contributed by atoms with Gasteiger partial charge in [-0.25, -0.2) is 0 Å². The van der Waals surface area contributed by atoms with E-state index in [1.807, 2.05) is 61.2 Å². The summed E-state index contributed by atoms with van der Waals surface area (Å²) in [4.78, 5) is 3.57. The number of hydrogen-bond donors (Lipinski definition) is 3. The Morgan fingerprint density at radius 3 is 1.41 bits per heavy atom. The Labute approximate surface area is 299 Å². The minimum atomic E-state index is -4.56. The molecule has 0 spiro atoms.